The van der Waals surface area contributed by atoms with Crippen LogP contribution in [0, 0.1) is 6.92 Å². The third-order valence-corrected chi connectivity index (χ3v) is 4.95. The molecule has 0 saturated heterocycles. The molecule has 0 aliphatic carbocycles. The summed E-state index contributed by atoms with van der Waals surface area (Å²) in [5.41, 5.74) is 1.80. The van der Waals surface area contributed by atoms with E-state index in [1.165, 1.54) is 11.8 Å². The van der Waals surface area contributed by atoms with E-state index in [1.807, 2.05) is 31.2 Å². The van der Waals surface area contributed by atoms with E-state index in [0.717, 1.165) is 23.0 Å². The summed E-state index contributed by atoms with van der Waals surface area (Å²) in [6, 6.07) is 12.6. The van der Waals surface area contributed by atoms with Gasteiger partial charge in [-0.15, -0.1) is 0 Å². The molecule has 1 aromatic heterocycles. The van der Waals surface area contributed by atoms with Gasteiger partial charge in [0.15, 0.2) is 0 Å². The van der Waals surface area contributed by atoms with E-state index in [-0.39, 0.29) is 16.7 Å². The van der Waals surface area contributed by atoms with Crippen molar-refractivity contribution in [2.45, 2.75) is 11.9 Å². The number of H-pyrrole nitrogens is 1. The molecule has 0 bridgehead atoms. The molecule has 0 aliphatic rings. The van der Waals surface area contributed by atoms with Crippen LogP contribution in [0.15, 0.2) is 56.8 Å². The molecular weight excluding hydrogens is 382 g/mol. The van der Waals surface area contributed by atoms with Gasteiger partial charge in [-0.25, -0.2) is 4.79 Å². The highest BCUT2D eigenvalue weighted by molar-refractivity contribution is 7.99. The fourth-order valence-electron chi connectivity index (χ4n) is 2.47. The Hall–Kier alpha value is -3.20. The molecule has 2 aromatic carbocycles. The first-order valence-electron chi connectivity index (χ1n) is 8.37. The van der Waals surface area contributed by atoms with Crippen molar-refractivity contribution in [1.82, 2.24) is 5.27 Å². The highest BCUT2D eigenvalue weighted by atomic mass is 32.2. The Labute approximate surface area is 165 Å². The maximum Gasteiger partial charge on any atom is 0.442 e. The number of aryl methyl sites for hydroxylation is 1. The summed E-state index contributed by atoms with van der Waals surface area (Å²) in [6.45, 7) is 1.97. The van der Waals surface area contributed by atoms with Crippen molar-refractivity contribution in [3.63, 3.8) is 0 Å². The molecule has 0 unspecified atom stereocenters. The number of benzene rings is 2. The SMILES string of the molecule is COc1ccc(NC(=O)CSc2c(=O)o[nH][n+]2-c2ccc(C)cc2)c(OC)c1. The largest absolute Gasteiger partial charge is 0.497 e. The van der Waals surface area contributed by atoms with E-state index in [9.17, 15) is 9.59 Å². The normalized spacial score (nSPS) is 10.5. The van der Waals surface area contributed by atoms with Crippen LogP contribution >= 0.6 is 11.8 Å². The van der Waals surface area contributed by atoms with Crippen LogP contribution in [0.25, 0.3) is 5.69 Å². The van der Waals surface area contributed by atoms with Gasteiger partial charge < -0.3 is 14.8 Å². The van der Waals surface area contributed by atoms with Gasteiger partial charge in [0.25, 0.3) is 0 Å². The van der Waals surface area contributed by atoms with E-state index in [1.54, 1.807) is 25.3 Å². The first-order chi connectivity index (χ1) is 13.5. The highest BCUT2D eigenvalue weighted by Gasteiger charge is 2.25. The molecule has 28 heavy (non-hydrogen) atoms. The Kier molecular flexibility index (Phi) is 6.05. The second kappa shape index (κ2) is 8.66. The molecule has 2 N–H and O–H groups in total. The van der Waals surface area contributed by atoms with Gasteiger partial charge in [-0.1, -0.05) is 17.7 Å². The third kappa shape index (κ3) is 4.37. The van der Waals surface area contributed by atoms with Crippen molar-refractivity contribution >= 4 is 23.4 Å². The van der Waals surface area contributed by atoms with Crippen molar-refractivity contribution < 1.29 is 23.5 Å². The number of aromatic amines is 1. The number of anilines is 1. The average molecular weight is 402 g/mol. The number of amides is 1. The Morgan fingerprint density at radius 1 is 1.18 bits per heavy atom. The summed E-state index contributed by atoms with van der Waals surface area (Å²) in [4.78, 5) is 24.4. The maximum absolute atomic E-state index is 12.4. The first-order valence-corrected chi connectivity index (χ1v) is 9.35. The molecule has 0 fully saturated rings. The molecule has 0 atom stereocenters. The zero-order chi connectivity index (χ0) is 20.1. The predicted molar refractivity (Wildman–Crippen MR) is 104 cm³/mol. The Morgan fingerprint density at radius 3 is 2.61 bits per heavy atom. The smallest absolute Gasteiger partial charge is 0.442 e. The lowest BCUT2D eigenvalue weighted by molar-refractivity contribution is -0.704. The van der Waals surface area contributed by atoms with Gasteiger partial charge >= 0.3 is 10.7 Å². The molecule has 146 valence electrons. The predicted octanol–water partition coefficient (Wildman–Crippen LogP) is 2.30. The molecule has 1 heterocycles. The second-order valence-corrected chi connectivity index (χ2v) is 6.82. The lowest BCUT2D eigenvalue weighted by atomic mass is 10.2. The summed E-state index contributed by atoms with van der Waals surface area (Å²) in [5.74, 6) is 0.829. The summed E-state index contributed by atoms with van der Waals surface area (Å²) >= 11 is 1.08. The number of thioether (sulfide) groups is 1. The molecule has 8 nitrogen and oxygen atoms in total. The topological polar surface area (TPSA) is 97.4 Å². The van der Waals surface area contributed by atoms with Crippen molar-refractivity contribution in [2.24, 2.45) is 0 Å². The van der Waals surface area contributed by atoms with Crippen LogP contribution in [0.3, 0.4) is 0 Å². The molecule has 9 heteroatoms. The molecule has 1 amide bonds. The first kappa shape index (κ1) is 19.6. The van der Waals surface area contributed by atoms with Crippen molar-refractivity contribution in [3.8, 4) is 17.2 Å². The number of carbonyl (C=O) groups excluding carboxylic acids is 1. The summed E-state index contributed by atoms with van der Waals surface area (Å²) < 4.78 is 16.8. The number of hydrogen-bond donors (Lipinski definition) is 2. The van der Waals surface area contributed by atoms with Gasteiger partial charge in [-0.2, -0.15) is 0 Å². The zero-order valence-corrected chi connectivity index (χ0v) is 16.5. The van der Waals surface area contributed by atoms with Crippen LogP contribution in [0.5, 0.6) is 11.5 Å². The summed E-state index contributed by atoms with van der Waals surface area (Å²) in [5, 5.41) is 5.60. The highest BCUT2D eigenvalue weighted by Crippen LogP contribution is 2.29. The van der Waals surface area contributed by atoms with E-state index >= 15 is 0 Å². The Morgan fingerprint density at radius 2 is 1.93 bits per heavy atom. The number of nitrogens with one attached hydrogen (secondary N) is 2. The van der Waals surface area contributed by atoms with Crippen LogP contribution in [-0.4, -0.2) is 31.2 Å². The zero-order valence-electron chi connectivity index (χ0n) is 15.6. The standard InChI is InChI=1S/C19H19N3O5S/c1-12-4-6-13(7-5-12)22-18(19(24)27-21-22)28-11-17(23)20-15-9-8-14(25-2)10-16(15)26-3/h4-10H,11H2,1-3H3,(H-,20,21,23,24)/p+1. The average Bonchev–Trinajstić information content (AvgIpc) is 3.07. The molecule has 0 radical (unpaired) electrons. The number of methoxy groups -OCH3 is 2. The van der Waals surface area contributed by atoms with E-state index in [2.05, 4.69) is 10.6 Å². The second-order valence-electron chi connectivity index (χ2n) is 5.86. The van der Waals surface area contributed by atoms with Crippen molar-refractivity contribution in [1.29, 1.82) is 0 Å². The third-order valence-electron chi connectivity index (χ3n) is 3.92. The molecule has 3 rings (SSSR count). The van der Waals surface area contributed by atoms with Crippen LogP contribution in [0.4, 0.5) is 5.69 Å². The van der Waals surface area contributed by atoms with Crippen molar-refractivity contribution in [2.75, 3.05) is 25.3 Å². The van der Waals surface area contributed by atoms with Crippen LogP contribution < -0.4 is 25.1 Å². The number of carbonyl (C=O) groups is 1. The quantitative estimate of drug-likeness (QED) is 0.465. The minimum Gasteiger partial charge on any atom is -0.497 e. The number of nitrogens with zero attached hydrogens (tertiary/aromatic N) is 1. The lowest BCUT2D eigenvalue weighted by Gasteiger charge is -2.11. The number of aromatic nitrogens is 2. The lowest BCUT2D eigenvalue weighted by Crippen LogP contribution is -2.36. The van der Waals surface area contributed by atoms with Gasteiger partial charge in [0.1, 0.15) is 11.5 Å². The van der Waals surface area contributed by atoms with Gasteiger partial charge in [0.05, 0.1) is 25.7 Å². The van der Waals surface area contributed by atoms with Crippen LogP contribution in [0.2, 0.25) is 0 Å². The number of hydrogen-bond acceptors (Lipinski definition) is 6. The molecular formula is C19H20N3O5S+. The molecule has 0 saturated carbocycles. The minimum atomic E-state index is -0.541. The fraction of sp³-hybridized carbons (Fsp3) is 0.211. The molecule has 0 spiro atoms. The maximum atomic E-state index is 12.4. The Balaban J connectivity index is 1.71. The van der Waals surface area contributed by atoms with Crippen LogP contribution in [-0.2, 0) is 4.79 Å². The number of ether oxygens (including phenoxy) is 2. The summed E-state index contributed by atoms with van der Waals surface area (Å²) in [6.07, 6.45) is 0. The van der Waals surface area contributed by atoms with Gasteiger partial charge in [-0.05, 0) is 40.8 Å². The van der Waals surface area contributed by atoms with Gasteiger partial charge in [0.2, 0.25) is 11.6 Å². The van der Waals surface area contributed by atoms with E-state index in [4.69, 9.17) is 14.0 Å². The van der Waals surface area contributed by atoms with E-state index < -0.39 is 5.63 Å². The summed E-state index contributed by atoms with van der Waals surface area (Å²) in [7, 11) is 3.06. The fourth-order valence-corrected chi connectivity index (χ4v) is 3.24. The van der Waals surface area contributed by atoms with Gasteiger partial charge in [0, 0.05) is 18.2 Å². The molecule has 3 aromatic rings. The minimum absolute atomic E-state index is 0.0175. The number of rotatable bonds is 7. The van der Waals surface area contributed by atoms with Crippen molar-refractivity contribution in [3.05, 3.63) is 58.4 Å². The van der Waals surface area contributed by atoms with Crippen LogP contribution in [0.1, 0.15) is 5.56 Å². The molecule has 0 aliphatic heterocycles. The van der Waals surface area contributed by atoms with E-state index in [0.29, 0.717) is 17.2 Å². The monoisotopic (exact) mass is 402 g/mol. The Bertz CT molecular complexity index is 1030. The van der Waals surface area contributed by atoms with Gasteiger partial charge in [-0.3, -0.25) is 9.32 Å².